The first-order valence-electron chi connectivity index (χ1n) is 4.37. The van der Waals surface area contributed by atoms with Gasteiger partial charge in [-0.15, -0.1) is 0 Å². The zero-order chi connectivity index (χ0) is 12.4. The first-order valence-corrected chi connectivity index (χ1v) is 5.54. The van der Waals surface area contributed by atoms with E-state index in [0.29, 0.717) is 0 Å². The highest BCUT2D eigenvalue weighted by molar-refractivity contribution is 9.10. The van der Waals surface area contributed by atoms with Crippen LogP contribution in [0.15, 0.2) is 29.0 Å². The average molecular weight is 322 g/mol. The molecule has 0 aliphatic carbocycles. The van der Waals surface area contributed by atoms with Crippen molar-refractivity contribution in [3.63, 3.8) is 0 Å². The van der Waals surface area contributed by atoms with E-state index in [-0.39, 0.29) is 21.3 Å². The molecule has 3 nitrogen and oxygen atoms in total. The molecule has 0 saturated carbocycles. The van der Waals surface area contributed by atoms with Crippen LogP contribution in [0.2, 0.25) is 5.15 Å². The van der Waals surface area contributed by atoms with E-state index in [1.54, 1.807) is 0 Å². The second-order valence-corrected chi connectivity index (χ2v) is 4.09. The molecule has 0 aliphatic rings. The van der Waals surface area contributed by atoms with Gasteiger partial charge >= 0.3 is 0 Å². The van der Waals surface area contributed by atoms with Crippen LogP contribution in [0, 0.1) is 11.6 Å². The van der Waals surface area contributed by atoms with E-state index < -0.39 is 11.6 Å². The van der Waals surface area contributed by atoms with Gasteiger partial charge in [0.2, 0.25) is 11.7 Å². The lowest BCUT2D eigenvalue weighted by Crippen LogP contribution is -1.95. The molecular weight excluding hydrogens is 317 g/mol. The molecule has 7 heteroatoms. The van der Waals surface area contributed by atoms with E-state index in [4.69, 9.17) is 16.3 Å². The molecule has 0 spiro atoms. The van der Waals surface area contributed by atoms with Crippen LogP contribution in [0.25, 0.3) is 0 Å². The SMILES string of the molecule is Fc1cccc(Oc2ncnc(Cl)c2Br)c1F. The van der Waals surface area contributed by atoms with Crippen LogP contribution in [0.4, 0.5) is 8.78 Å². The number of ether oxygens (including phenoxy) is 1. The Morgan fingerprint density at radius 3 is 2.76 bits per heavy atom. The van der Waals surface area contributed by atoms with Crippen LogP contribution in [0.3, 0.4) is 0 Å². The van der Waals surface area contributed by atoms with E-state index in [9.17, 15) is 8.78 Å². The molecule has 0 fully saturated rings. The lowest BCUT2D eigenvalue weighted by atomic mass is 10.3. The van der Waals surface area contributed by atoms with Gasteiger partial charge in [0.25, 0.3) is 0 Å². The number of halogens is 4. The number of benzene rings is 1. The smallest absolute Gasteiger partial charge is 0.238 e. The van der Waals surface area contributed by atoms with Gasteiger partial charge in [-0.1, -0.05) is 17.7 Å². The fourth-order valence-corrected chi connectivity index (χ4v) is 1.48. The van der Waals surface area contributed by atoms with Crippen molar-refractivity contribution >= 4 is 27.5 Å². The molecule has 0 aliphatic heterocycles. The van der Waals surface area contributed by atoms with Gasteiger partial charge in [0.05, 0.1) is 0 Å². The Hall–Kier alpha value is -1.27. The molecule has 2 rings (SSSR count). The molecule has 1 heterocycles. The summed E-state index contributed by atoms with van der Waals surface area (Å²) in [6.45, 7) is 0. The third-order valence-electron chi connectivity index (χ3n) is 1.84. The fraction of sp³-hybridized carbons (Fsp3) is 0. The Morgan fingerprint density at radius 1 is 1.24 bits per heavy atom. The molecule has 0 amide bonds. The van der Waals surface area contributed by atoms with Crippen molar-refractivity contribution in [1.82, 2.24) is 9.97 Å². The molecule has 0 bridgehead atoms. The van der Waals surface area contributed by atoms with Crippen molar-refractivity contribution in [2.45, 2.75) is 0 Å². The average Bonchev–Trinajstić information content (AvgIpc) is 2.31. The van der Waals surface area contributed by atoms with Crippen molar-refractivity contribution in [3.8, 4) is 11.6 Å². The number of aromatic nitrogens is 2. The van der Waals surface area contributed by atoms with Gasteiger partial charge in [-0.05, 0) is 28.1 Å². The zero-order valence-electron chi connectivity index (χ0n) is 8.12. The minimum atomic E-state index is -1.09. The molecule has 0 saturated heterocycles. The Morgan fingerprint density at radius 2 is 2.00 bits per heavy atom. The molecule has 0 radical (unpaired) electrons. The Balaban J connectivity index is 2.38. The monoisotopic (exact) mass is 320 g/mol. The van der Waals surface area contributed by atoms with E-state index in [1.165, 1.54) is 12.1 Å². The predicted octanol–water partition coefficient (Wildman–Crippen LogP) is 3.96. The van der Waals surface area contributed by atoms with Gasteiger partial charge in [-0.3, -0.25) is 0 Å². The van der Waals surface area contributed by atoms with Crippen LogP contribution in [-0.2, 0) is 0 Å². The number of hydrogen-bond donors (Lipinski definition) is 0. The van der Waals surface area contributed by atoms with Gasteiger partial charge in [0, 0.05) is 0 Å². The highest BCUT2D eigenvalue weighted by Gasteiger charge is 2.14. The van der Waals surface area contributed by atoms with Crippen molar-refractivity contribution in [3.05, 3.63) is 45.8 Å². The van der Waals surface area contributed by atoms with Crippen molar-refractivity contribution in [2.75, 3.05) is 0 Å². The highest BCUT2D eigenvalue weighted by atomic mass is 79.9. The number of hydrogen-bond acceptors (Lipinski definition) is 3. The van der Waals surface area contributed by atoms with Crippen LogP contribution in [0.5, 0.6) is 11.6 Å². The molecule has 0 atom stereocenters. The zero-order valence-corrected chi connectivity index (χ0v) is 10.5. The molecule has 0 N–H and O–H groups in total. The predicted molar refractivity (Wildman–Crippen MR) is 61.2 cm³/mol. The summed E-state index contributed by atoms with van der Waals surface area (Å²) in [7, 11) is 0. The van der Waals surface area contributed by atoms with Gasteiger partial charge < -0.3 is 4.74 Å². The minimum Gasteiger partial charge on any atom is -0.434 e. The Bertz CT molecular complexity index is 518. The first-order chi connectivity index (χ1) is 8.09. The first kappa shape index (κ1) is 12.2. The summed E-state index contributed by atoms with van der Waals surface area (Å²) in [4.78, 5) is 7.43. The summed E-state index contributed by atoms with van der Waals surface area (Å²) < 4.78 is 31.6. The Kier molecular flexibility index (Phi) is 3.54. The van der Waals surface area contributed by atoms with Crippen LogP contribution in [0.1, 0.15) is 0 Å². The van der Waals surface area contributed by atoms with Gasteiger partial charge in [-0.2, -0.15) is 4.39 Å². The van der Waals surface area contributed by atoms with Crippen LogP contribution >= 0.6 is 27.5 Å². The maximum atomic E-state index is 13.3. The van der Waals surface area contributed by atoms with E-state index in [1.807, 2.05) is 0 Å². The largest absolute Gasteiger partial charge is 0.434 e. The normalized spacial score (nSPS) is 10.4. The molecule has 1 aromatic carbocycles. The second kappa shape index (κ2) is 4.93. The third kappa shape index (κ3) is 2.53. The molecule has 1 aromatic heterocycles. The molecule has 88 valence electrons. The summed E-state index contributed by atoms with van der Waals surface area (Å²) in [5.74, 6) is -2.36. The summed E-state index contributed by atoms with van der Waals surface area (Å²) in [6.07, 6.45) is 1.15. The summed E-state index contributed by atoms with van der Waals surface area (Å²) in [5.41, 5.74) is 0. The third-order valence-corrected chi connectivity index (χ3v) is 3.07. The lowest BCUT2D eigenvalue weighted by Gasteiger charge is -2.07. The van der Waals surface area contributed by atoms with E-state index in [0.717, 1.165) is 12.4 Å². The summed E-state index contributed by atoms with van der Waals surface area (Å²) in [6, 6.07) is 3.59. The van der Waals surface area contributed by atoms with E-state index in [2.05, 4.69) is 25.9 Å². The summed E-state index contributed by atoms with van der Waals surface area (Å²) >= 11 is 8.79. The second-order valence-electron chi connectivity index (χ2n) is 2.94. The lowest BCUT2D eigenvalue weighted by molar-refractivity contribution is 0.403. The fourth-order valence-electron chi connectivity index (χ4n) is 1.07. The maximum absolute atomic E-state index is 13.3. The van der Waals surface area contributed by atoms with Gasteiger partial charge in [-0.25, -0.2) is 14.4 Å². The standard InChI is InChI=1S/C10H4BrClF2N2O/c11-7-9(12)15-4-16-10(7)17-6-3-1-2-5(13)8(6)14/h1-4H. The topological polar surface area (TPSA) is 35.0 Å². The summed E-state index contributed by atoms with van der Waals surface area (Å²) in [5, 5.41) is 0.117. The number of nitrogens with zero attached hydrogens (tertiary/aromatic N) is 2. The highest BCUT2D eigenvalue weighted by Crippen LogP contribution is 2.32. The van der Waals surface area contributed by atoms with Crippen molar-refractivity contribution in [1.29, 1.82) is 0 Å². The van der Waals surface area contributed by atoms with E-state index >= 15 is 0 Å². The molecule has 2 aromatic rings. The van der Waals surface area contributed by atoms with Crippen LogP contribution in [-0.4, -0.2) is 9.97 Å². The molecular formula is C10H4BrClF2N2O. The van der Waals surface area contributed by atoms with Gasteiger partial charge in [0.15, 0.2) is 16.7 Å². The maximum Gasteiger partial charge on any atom is 0.238 e. The Labute approximate surface area is 109 Å². The minimum absolute atomic E-state index is 0.00880. The quantitative estimate of drug-likeness (QED) is 0.785. The van der Waals surface area contributed by atoms with Crippen molar-refractivity contribution < 1.29 is 13.5 Å². The number of rotatable bonds is 2. The van der Waals surface area contributed by atoms with Crippen molar-refractivity contribution in [2.24, 2.45) is 0 Å². The molecule has 17 heavy (non-hydrogen) atoms. The molecule has 0 unspecified atom stereocenters. The van der Waals surface area contributed by atoms with Crippen LogP contribution < -0.4 is 4.74 Å². The van der Waals surface area contributed by atoms with Gasteiger partial charge in [0.1, 0.15) is 10.8 Å².